The van der Waals surface area contributed by atoms with Gasteiger partial charge in [0.2, 0.25) is 0 Å². The van der Waals surface area contributed by atoms with Crippen molar-refractivity contribution in [2.45, 2.75) is 0 Å². The molecule has 3 aromatic heterocycles. The van der Waals surface area contributed by atoms with E-state index in [1.165, 1.54) is 69.9 Å². The van der Waals surface area contributed by atoms with Crippen LogP contribution in [0.25, 0.3) is 69.9 Å². The molecule has 0 N–H and O–H groups in total. The molecule has 0 unspecified atom stereocenters. The predicted octanol–water partition coefficient (Wildman–Crippen LogP) is 9.88. The van der Waals surface area contributed by atoms with Crippen molar-refractivity contribution in [3.8, 4) is 27.9 Å². The fourth-order valence-electron chi connectivity index (χ4n) is 5.70. The van der Waals surface area contributed by atoms with E-state index in [1.807, 2.05) is 23.7 Å². The molecule has 8 aromatic rings. The first-order chi connectivity index (χ1) is 18.8. The molecule has 0 saturated heterocycles. The second-order valence-electron chi connectivity index (χ2n) is 9.69. The number of hydrogen-bond acceptors (Lipinski definition) is 2. The zero-order valence-corrected chi connectivity index (χ0v) is 21.3. The van der Waals surface area contributed by atoms with Crippen LogP contribution >= 0.6 is 11.3 Å². The first-order valence-electron chi connectivity index (χ1n) is 12.8. The normalized spacial score (nSPS) is 11.7. The number of fused-ring (bicyclic) bond motifs is 6. The maximum atomic E-state index is 4.36. The fraction of sp³-hybridized carbons (Fsp3) is 0. The van der Waals surface area contributed by atoms with Gasteiger partial charge in [-0.15, -0.1) is 11.3 Å². The van der Waals surface area contributed by atoms with Gasteiger partial charge in [-0.3, -0.25) is 4.98 Å². The Morgan fingerprint density at radius 1 is 0.474 bits per heavy atom. The summed E-state index contributed by atoms with van der Waals surface area (Å²) < 4.78 is 4.95. The van der Waals surface area contributed by atoms with Crippen LogP contribution in [-0.2, 0) is 0 Å². The molecule has 5 aromatic carbocycles. The minimum atomic E-state index is 1.17. The Morgan fingerprint density at radius 3 is 1.87 bits per heavy atom. The number of nitrogens with zero attached hydrogens (tertiary/aromatic N) is 2. The molecule has 0 aliphatic heterocycles. The third-order valence-electron chi connectivity index (χ3n) is 7.48. The molecule has 0 aliphatic carbocycles. The highest BCUT2D eigenvalue weighted by atomic mass is 32.1. The van der Waals surface area contributed by atoms with E-state index in [9.17, 15) is 0 Å². The van der Waals surface area contributed by atoms with Crippen LogP contribution in [-0.4, -0.2) is 9.55 Å². The zero-order valence-electron chi connectivity index (χ0n) is 20.5. The van der Waals surface area contributed by atoms with Crippen molar-refractivity contribution in [3.05, 3.63) is 134 Å². The smallest absolute Gasteiger partial charge is 0.0541 e. The summed E-state index contributed by atoms with van der Waals surface area (Å²) in [6.07, 6.45) is 3.85. The molecule has 3 heterocycles. The van der Waals surface area contributed by atoms with E-state index in [4.69, 9.17) is 0 Å². The average Bonchev–Trinajstić information content (AvgIpc) is 3.53. The topological polar surface area (TPSA) is 17.8 Å². The van der Waals surface area contributed by atoms with Crippen LogP contribution in [0.3, 0.4) is 0 Å². The quantitative estimate of drug-likeness (QED) is 0.235. The summed E-state index contributed by atoms with van der Waals surface area (Å²) in [7, 11) is 0. The van der Waals surface area contributed by atoms with Crippen LogP contribution in [0.15, 0.2) is 134 Å². The van der Waals surface area contributed by atoms with E-state index in [0.717, 1.165) is 0 Å². The minimum Gasteiger partial charge on any atom is -0.309 e. The van der Waals surface area contributed by atoms with Gasteiger partial charge in [0.15, 0.2) is 0 Å². The number of thiophene rings is 1. The molecule has 178 valence electrons. The SMILES string of the molecule is c1cc(-c2cccc(-n3c4ccccc4c4ccccc43)c2)cc(-c2ccc3sc4ccncc4c3c2)c1. The Bertz CT molecular complexity index is 2090. The number of rotatable bonds is 3. The van der Waals surface area contributed by atoms with Gasteiger partial charge in [-0.1, -0.05) is 72.8 Å². The van der Waals surface area contributed by atoms with Crippen LogP contribution in [0.4, 0.5) is 0 Å². The summed E-state index contributed by atoms with van der Waals surface area (Å²) in [5.74, 6) is 0. The van der Waals surface area contributed by atoms with Crippen molar-refractivity contribution < 1.29 is 0 Å². The van der Waals surface area contributed by atoms with Gasteiger partial charge in [-0.2, -0.15) is 0 Å². The number of aromatic nitrogens is 2. The summed E-state index contributed by atoms with van der Waals surface area (Å²) >= 11 is 1.82. The number of hydrogen-bond donors (Lipinski definition) is 0. The van der Waals surface area contributed by atoms with E-state index in [-0.39, 0.29) is 0 Å². The maximum Gasteiger partial charge on any atom is 0.0541 e. The first-order valence-corrected chi connectivity index (χ1v) is 13.6. The lowest BCUT2D eigenvalue weighted by Crippen LogP contribution is -1.94. The molecule has 0 bridgehead atoms. The Balaban J connectivity index is 1.25. The zero-order chi connectivity index (χ0) is 25.1. The van der Waals surface area contributed by atoms with Crippen molar-refractivity contribution in [2.75, 3.05) is 0 Å². The molecule has 38 heavy (non-hydrogen) atoms. The van der Waals surface area contributed by atoms with E-state index < -0.39 is 0 Å². The van der Waals surface area contributed by atoms with Gasteiger partial charge in [0.25, 0.3) is 0 Å². The molecular formula is C35H22N2S. The minimum absolute atomic E-state index is 1.17. The lowest BCUT2D eigenvalue weighted by molar-refractivity contribution is 1.18. The van der Waals surface area contributed by atoms with Crippen LogP contribution < -0.4 is 0 Å². The highest BCUT2D eigenvalue weighted by molar-refractivity contribution is 7.25. The van der Waals surface area contributed by atoms with Crippen LogP contribution in [0.2, 0.25) is 0 Å². The Labute approximate surface area is 224 Å². The highest BCUT2D eigenvalue weighted by Gasteiger charge is 2.12. The molecule has 2 nitrogen and oxygen atoms in total. The molecule has 8 rings (SSSR count). The summed E-state index contributed by atoms with van der Waals surface area (Å²) in [6, 6.07) is 44.0. The summed E-state index contributed by atoms with van der Waals surface area (Å²) in [5.41, 5.74) is 8.48. The molecule has 0 saturated carbocycles. The second kappa shape index (κ2) is 8.41. The molecule has 0 spiro atoms. The summed E-state index contributed by atoms with van der Waals surface area (Å²) in [4.78, 5) is 4.36. The highest BCUT2D eigenvalue weighted by Crippen LogP contribution is 2.37. The molecule has 0 fully saturated rings. The first kappa shape index (κ1) is 21.4. The Hall–Kier alpha value is -4.73. The van der Waals surface area contributed by atoms with Crippen molar-refractivity contribution in [3.63, 3.8) is 0 Å². The Kier molecular flexibility index (Phi) is 4.73. The van der Waals surface area contributed by atoms with Crippen molar-refractivity contribution >= 4 is 53.3 Å². The van der Waals surface area contributed by atoms with E-state index in [2.05, 4.69) is 131 Å². The van der Waals surface area contributed by atoms with E-state index in [0.29, 0.717) is 0 Å². The van der Waals surface area contributed by atoms with Gasteiger partial charge < -0.3 is 4.57 Å². The third-order valence-corrected chi connectivity index (χ3v) is 8.64. The average molecular weight is 503 g/mol. The summed E-state index contributed by atoms with van der Waals surface area (Å²) in [5, 5.41) is 5.06. The van der Waals surface area contributed by atoms with Gasteiger partial charge in [0.1, 0.15) is 0 Å². The van der Waals surface area contributed by atoms with Crippen molar-refractivity contribution in [1.29, 1.82) is 0 Å². The standard InChI is InChI=1S/C35H22N2S/c1-3-13-32-28(11-1)29-12-2-4-14-33(29)37(32)27-10-6-9-25(20-27)23-7-5-8-24(19-23)26-15-16-34-30(21-26)31-22-36-18-17-35(31)38-34/h1-22H. The fourth-order valence-corrected chi connectivity index (χ4v) is 6.76. The van der Waals surface area contributed by atoms with Gasteiger partial charge in [-0.25, -0.2) is 0 Å². The predicted molar refractivity (Wildman–Crippen MR) is 162 cm³/mol. The summed E-state index contributed by atoms with van der Waals surface area (Å²) in [6.45, 7) is 0. The number of benzene rings is 5. The van der Waals surface area contributed by atoms with Gasteiger partial charge in [0, 0.05) is 49.0 Å². The molecule has 0 aliphatic rings. The lowest BCUT2D eigenvalue weighted by atomic mass is 9.98. The van der Waals surface area contributed by atoms with Crippen molar-refractivity contribution in [2.24, 2.45) is 0 Å². The van der Waals surface area contributed by atoms with Gasteiger partial charge in [-0.05, 0) is 70.8 Å². The largest absolute Gasteiger partial charge is 0.309 e. The third kappa shape index (κ3) is 3.29. The molecule has 3 heteroatoms. The number of pyridine rings is 1. The van der Waals surface area contributed by atoms with Crippen LogP contribution in [0.5, 0.6) is 0 Å². The Morgan fingerprint density at radius 2 is 1.11 bits per heavy atom. The van der Waals surface area contributed by atoms with Crippen LogP contribution in [0, 0.1) is 0 Å². The van der Waals surface area contributed by atoms with Gasteiger partial charge >= 0.3 is 0 Å². The van der Waals surface area contributed by atoms with Crippen molar-refractivity contribution in [1.82, 2.24) is 9.55 Å². The molecule has 0 radical (unpaired) electrons. The van der Waals surface area contributed by atoms with E-state index >= 15 is 0 Å². The van der Waals surface area contributed by atoms with Gasteiger partial charge in [0.05, 0.1) is 11.0 Å². The second-order valence-corrected chi connectivity index (χ2v) is 10.8. The number of para-hydroxylation sites is 2. The molecular weight excluding hydrogens is 480 g/mol. The monoisotopic (exact) mass is 502 g/mol. The molecule has 0 amide bonds. The van der Waals surface area contributed by atoms with Crippen LogP contribution in [0.1, 0.15) is 0 Å². The lowest BCUT2D eigenvalue weighted by Gasteiger charge is -2.11. The maximum absolute atomic E-state index is 4.36. The molecule has 0 atom stereocenters. The van der Waals surface area contributed by atoms with E-state index in [1.54, 1.807) is 0 Å².